The SMILES string of the molecule is CC1=C2C(=O)N(Cc3cccc(F)c3)CC2=CC(Br)=CC1. The summed E-state index contributed by atoms with van der Waals surface area (Å²) in [7, 11) is 0. The zero-order valence-corrected chi connectivity index (χ0v) is 13.3. The number of carbonyl (C=O) groups excluding carboxylic acids is 1. The Labute approximate surface area is 131 Å². The summed E-state index contributed by atoms with van der Waals surface area (Å²) in [6.07, 6.45) is 4.85. The van der Waals surface area contributed by atoms with Gasteiger partial charge in [0, 0.05) is 23.1 Å². The minimum atomic E-state index is -0.270. The largest absolute Gasteiger partial charge is 0.330 e. The van der Waals surface area contributed by atoms with Crippen molar-refractivity contribution in [3.8, 4) is 0 Å². The molecule has 0 radical (unpaired) electrons. The number of halogens is 2. The summed E-state index contributed by atoms with van der Waals surface area (Å²) in [5, 5.41) is 0. The number of hydrogen-bond donors (Lipinski definition) is 0. The van der Waals surface area contributed by atoms with Crippen molar-refractivity contribution in [2.45, 2.75) is 19.9 Å². The quantitative estimate of drug-likeness (QED) is 0.788. The van der Waals surface area contributed by atoms with Crippen LogP contribution in [0.3, 0.4) is 0 Å². The predicted octanol–water partition coefficient (Wildman–Crippen LogP) is 4.09. The maximum absolute atomic E-state index is 13.3. The van der Waals surface area contributed by atoms with Crippen LogP contribution in [0.2, 0.25) is 0 Å². The van der Waals surface area contributed by atoms with E-state index in [0.29, 0.717) is 13.1 Å². The summed E-state index contributed by atoms with van der Waals surface area (Å²) in [4.78, 5) is 14.4. The van der Waals surface area contributed by atoms with Crippen LogP contribution in [-0.4, -0.2) is 17.4 Å². The molecule has 0 bridgehead atoms. The molecule has 0 spiro atoms. The van der Waals surface area contributed by atoms with Crippen LogP contribution in [0.15, 0.2) is 57.6 Å². The zero-order valence-electron chi connectivity index (χ0n) is 11.7. The first kappa shape index (κ1) is 14.3. The number of likely N-dealkylation sites (tertiary alicyclic amines) is 1. The van der Waals surface area contributed by atoms with Crippen molar-refractivity contribution in [1.82, 2.24) is 4.90 Å². The number of amides is 1. The van der Waals surface area contributed by atoms with Crippen LogP contribution < -0.4 is 0 Å². The molecule has 0 N–H and O–H groups in total. The first-order valence-corrected chi connectivity index (χ1v) is 7.64. The normalized spacial score (nSPS) is 18.4. The van der Waals surface area contributed by atoms with Gasteiger partial charge in [-0.2, -0.15) is 0 Å². The Morgan fingerprint density at radius 1 is 1.38 bits per heavy atom. The first-order valence-electron chi connectivity index (χ1n) is 6.84. The van der Waals surface area contributed by atoms with Crippen LogP contribution in [0.1, 0.15) is 18.9 Å². The Morgan fingerprint density at radius 3 is 2.95 bits per heavy atom. The van der Waals surface area contributed by atoms with Gasteiger partial charge in [0.1, 0.15) is 5.82 Å². The number of rotatable bonds is 2. The van der Waals surface area contributed by atoms with Crippen LogP contribution in [0.4, 0.5) is 4.39 Å². The van der Waals surface area contributed by atoms with Gasteiger partial charge in [-0.25, -0.2) is 4.39 Å². The van der Waals surface area contributed by atoms with Crippen LogP contribution in [-0.2, 0) is 11.3 Å². The average Bonchev–Trinajstić information content (AvgIpc) is 2.64. The molecular formula is C17H15BrFNO. The molecule has 2 nitrogen and oxygen atoms in total. The summed E-state index contributed by atoms with van der Waals surface area (Å²) >= 11 is 3.50. The van der Waals surface area contributed by atoms with E-state index in [4.69, 9.17) is 0 Å². The van der Waals surface area contributed by atoms with E-state index in [1.807, 2.05) is 19.1 Å². The van der Waals surface area contributed by atoms with Crippen molar-refractivity contribution in [1.29, 1.82) is 0 Å². The van der Waals surface area contributed by atoms with E-state index in [-0.39, 0.29) is 11.7 Å². The maximum Gasteiger partial charge on any atom is 0.254 e. The predicted molar refractivity (Wildman–Crippen MR) is 84.2 cm³/mol. The molecule has 0 atom stereocenters. The second kappa shape index (κ2) is 5.60. The number of fused-ring (bicyclic) bond motifs is 1. The third-order valence-corrected chi connectivity index (χ3v) is 4.34. The van der Waals surface area contributed by atoms with Gasteiger partial charge in [0.25, 0.3) is 5.91 Å². The molecule has 1 heterocycles. The lowest BCUT2D eigenvalue weighted by atomic mass is 10.0. The Bertz CT molecular complexity index is 702. The highest BCUT2D eigenvalue weighted by atomic mass is 79.9. The van der Waals surface area contributed by atoms with Crippen molar-refractivity contribution in [2.75, 3.05) is 6.54 Å². The summed E-state index contributed by atoms with van der Waals surface area (Å²) in [6.45, 7) is 3.01. The van der Waals surface area contributed by atoms with E-state index >= 15 is 0 Å². The Balaban J connectivity index is 1.89. The van der Waals surface area contributed by atoms with Gasteiger partial charge in [-0.15, -0.1) is 0 Å². The fourth-order valence-electron chi connectivity index (χ4n) is 2.79. The molecule has 1 aliphatic carbocycles. The molecule has 1 amide bonds. The molecule has 0 saturated carbocycles. The molecule has 3 rings (SSSR count). The van der Waals surface area contributed by atoms with Gasteiger partial charge in [-0.05, 0) is 42.7 Å². The van der Waals surface area contributed by atoms with Crippen molar-refractivity contribution in [3.63, 3.8) is 0 Å². The van der Waals surface area contributed by atoms with E-state index in [9.17, 15) is 9.18 Å². The van der Waals surface area contributed by atoms with E-state index in [2.05, 4.69) is 22.0 Å². The fraction of sp³-hybridized carbons (Fsp3) is 0.235. The number of allylic oxidation sites excluding steroid dienone is 4. The molecule has 1 aliphatic heterocycles. The van der Waals surface area contributed by atoms with Gasteiger partial charge >= 0.3 is 0 Å². The lowest BCUT2D eigenvalue weighted by molar-refractivity contribution is -0.125. The molecule has 1 fully saturated rings. The second-order valence-electron chi connectivity index (χ2n) is 5.41. The average molecular weight is 348 g/mol. The van der Waals surface area contributed by atoms with E-state index in [1.165, 1.54) is 12.1 Å². The zero-order chi connectivity index (χ0) is 15.0. The Hall–Kier alpha value is -1.68. The van der Waals surface area contributed by atoms with Crippen molar-refractivity contribution >= 4 is 21.8 Å². The lowest BCUT2D eigenvalue weighted by Crippen LogP contribution is -2.24. The highest BCUT2D eigenvalue weighted by Crippen LogP contribution is 2.33. The van der Waals surface area contributed by atoms with Gasteiger partial charge < -0.3 is 4.90 Å². The van der Waals surface area contributed by atoms with Crippen LogP contribution in [0, 0.1) is 5.82 Å². The van der Waals surface area contributed by atoms with Gasteiger partial charge in [0.2, 0.25) is 0 Å². The smallest absolute Gasteiger partial charge is 0.254 e. The third kappa shape index (κ3) is 2.86. The molecule has 0 unspecified atom stereocenters. The highest BCUT2D eigenvalue weighted by molar-refractivity contribution is 9.11. The number of benzene rings is 1. The molecule has 4 heteroatoms. The molecular weight excluding hydrogens is 333 g/mol. The van der Waals surface area contributed by atoms with Gasteiger partial charge in [-0.1, -0.05) is 39.7 Å². The molecule has 1 aromatic rings. The Kier molecular flexibility index (Phi) is 3.81. The topological polar surface area (TPSA) is 20.3 Å². The van der Waals surface area contributed by atoms with Crippen molar-refractivity contribution < 1.29 is 9.18 Å². The molecule has 1 aromatic carbocycles. The van der Waals surface area contributed by atoms with E-state index < -0.39 is 0 Å². The number of hydrogen-bond acceptors (Lipinski definition) is 1. The molecule has 2 aliphatic rings. The molecule has 108 valence electrons. The van der Waals surface area contributed by atoms with Gasteiger partial charge in [-0.3, -0.25) is 4.79 Å². The number of nitrogens with zero attached hydrogens (tertiary/aromatic N) is 1. The Morgan fingerprint density at radius 2 is 2.19 bits per heavy atom. The molecule has 21 heavy (non-hydrogen) atoms. The monoisotopic (exact) mass is 347 g/mol. The van der Waals surface area contributed by atoms with Crippen LogP contribution in [0.25, 0.3) is 0 Å². The molecule has 0 aromatic heterocycles. The first-order chi connectivity index (χ1) is 10.0. The van der Waals surface area contributed by atoms with Crippen LogP contribution >= 0.6 is 15.9 Å². The van der Waals surface area contributed by atoms with E-state index in [0.717, 1.165) is 33.2 Å². The highest BCUT2D eigenvalue weighted by Gasteiger charge is 2.32. The standard InChI is InChI=1S/C17H15BrFNO/c1-11-5-6-14(18)8-13-10-20(17(21)16(11)13)9-12-3-2-4-15(19)7-12/h2-4,6-8H,5,9-10H2,1H3. The maximum atomic E-state index is 13.3. The number of carbonyl (C=O) groups is 1. The fourth-order valence-corrected chi connectivity index (χ4v) is 3.23. The second-order valence-corrected chi connectivity index (χ2v) is 6.32. The van der Waals surface area contributed by atoms with Crippen molar-refractivity contribution in [2.24, 2.45) is 0 Å². The van der Waals surface area contributed by atoms with E-state index in [1.54, 1.807) is 11.0 Å². The summed E-state index contributed by atoms with van der Waals surface area (Å²) in [6, 6.07) is 6.41. The van der Waals surface area contributed by atoms with Crippen molar-refractivity contribution in [3.05, 3.63) is 69.0 Å². The lowest BCUT2D eigenvalue weighted by Gasteiger charge is -2.15. The minimum Gasteiger partial charge on any atom is -0.330 e. The van der Waals surface area contributed by atoms with Gasteiger partial charge in [0.05, 0.1) is 0 Å². The summed E-state index contributed by atoms with van der Waals surface area (Å²) < 4.78 is 14.3. The summed E-state index contributed by atoms with van der Waals surface area (Å²) in [5.41, 5.74) is 3.75. The summed E-state index contributed by atoms with van der Waals surface area (Å²) in [5.74, 6) is -0.229. The third-order valence-electron chi connectivity index (χ3n) is 3.79. The van der Waals surface area contributed by atoms with Crippen LogP contribution in [0.5, 0.6) is 0 Å². The van der Waals surface area contributed by atoms with Gasteiger partial charge in [0.15, 0.2) is 0 Å². The molecule has 1 saturated heterocycles. The minimum absolute atomic E-state index is 0.0404.